The summed E-state index contributed by atoms with van der Waals surface area (Å²) >= 11 is 1.56. The molecule has 0 radical (unpaired) electrons. The Morgan fingerprint density at radius 1 is 1.20 bits per heavy atom. The van der Waals surface area contributed by atoms with E-state index in [4.69, 9.17) is 4.74 Å². The first-order chi connectivity index (χ1) is 16.2. The number of rotatable bonds is 2. The van der Waals surface area contributed by atoms with Gasteiger partial charge in [0.1, 0.15) is 11.9 Å². The molecule has 6 nitrogen and oxygen atoms in total. The molecule has 0 saturated carbocycles. The molecule has 2 rings (SSSR count). The maximum absolute atomic E-state index is 13.2. The van der Waals surface area contributed by atoms with Crippen molar-refractivity contribution in [3.8, 4) is 0 Å². The Hall–Kier alpha value is -1.83. The fourth-order valence-corrected chi connectivity index (χ4v) is 5.44. The minimum Gasteiger partial charge on any atom is -0.457 e. The molecule has 35 heavy (non-hydrogen) atoms. The monoisotopic (exact) mass is 505 g/mol. The fourth-order valence-electron chi connectivity index (χ4n) is 4.87. The Morgan fingerprint density at radius 3 is 2.46 bits per heavy atom. The standard InChI is InChI=1S/C28H43NO5S/c1-16-10-9-11-17(2)25(32)20(5)27(33)28(7,8)23(30)14-24(31)34-26(18(3)12-16)19(4)13-22-15-35-21(6)29-22/h12-13,15,17-18,20,23,25-26,30,32H,9-11,14H2,1-8H3/b16-12-,19-13+/t17-,18-,20+,23-,25-,26-/m0/s1. The van der Waals surface area contributed by atoms with Crippen molar-refractivity contribution in [1.29, 1.82) is 0 Å². The second-order valence-corrected chi connectivity index (χ2v) is 12.0. The minimum atomic E-state index is -1.22. The van der Waals surface area contributed by atoms with E-state index in [1.165, 1.54) is 5.57 Å². The van der Waals surface area contributed by atoms with Crippen LogP contribution in [0.25, 0.3) is 6.08 Å². The molecule has 196 valence electrons. The average molecular weight is 506 g/mol. The highest BCUT2D eigenvalue weighted by Gasteiger charge is 2.42. The van der Waals surface area contributed by atoms with Gasteiger partial charge in [0, 0.05) is 17.2 Å². The fraction of sp³-hybridized carbons (Fsp3) is 0.679. The molecule has 1 aliphatic heterocycles. The molecule has 1 aliphatic rings. The lowest BCUT2D eigenvalue weighted by Gasteiger charge is -2.34. The van der Waals surface area contributed by atoms with Gasteiger partial charge in [-0.1, -0.05) is 46.3 Å². The van der Waals surface area contributed by atoms with Crippen molar-refractivity contribution in [1.82, 2.24) is 4.98 Å². The van der Waals surface area contributed by atoms with Gasteiger partial charge in [0.2, 0.25) is 0 Å². The number of allylic oxidation sites excluding steroid dienone is 1. The second kappa shape index (κ2) is 12.4. The first-order valence-corrected chi connectivity index (χ1v) is 13.5. The lowest BCUT2D eigenvalue weighted by Crippen LogP contribution is -2.45. The molecule has 0 unspecified atom stereocenters. The Kier molecular flexibility index (Phi) is 10.4. The summed E-state index contributed by atoms with van der Waals surface area (Å²) in [7, 11) is 0. The normalized spacial score (nSPS) is 33.7. The molecule has 2 heterocycles. The summed E-state index contributed by atoms with van der Waals surface area (Å²) in [5.74, 6) is -1.59. The van der Waals surface area contributed by atoms with E-state index in [0.717, 1.165) is 35.5 Å². The Labute approximate surface area is 214 Å². The van der Waals surface area contributed by atoms with Crippen LogP contribution in [-0.4, -0.2) is 45.3 Å². The van der Waals surface area contributed by atoms with Gasteiger partial charge in [0.15, 0.2) is 0 Å². The van der Waals surface area contributed by atoms with Crippen LogP contribution < -0.4 is 0 Å². The lowest BCUT2D eigenvalue weighted by atomic mass is 9.73. The number of nitrogens with zero attached hydrogens (tertiary/aromatic N) is 1. The number of carbonyl (C=O) groups is 2. The zero-order valence-electron chi connectivity index (χ0n) is 22.5. The van der Waals surface area contributed by atoms with E-state index >= 15 is 0 Å². The Morgan fingerprint density at radius 2 is 1.86 bits per heavy atom. The molecule has 0 saturated heterocycles. The van der Waals surface area contributed by atoms with Crippen LogP contribution in [-0.2, 0) is 14.3 Å². The summed E-state index contributed by atoms with van der Waals surface area (Å²) in [6.45, 7) is 14.9. The van der Waals surface area contributed by atoms with Crippen LogP contribution in [0.1, 0.15) is 84.9 Å². The number of aromatic nitrogens is 1. The number of esters is 1. The van der Waals surface area contributed by atoms with Crippen molar-refractivity contribution >= 4 is 29.2 Å². The third-order valence-corrected chi connectivity index (χ3v) is 8.10. The quantitative estimate of drug-likeness (QED) is 0.406. The van der Waals surface area contributed by atoms with Crippen molar-refractivity contribution < 1.29 is 24.5 Å². The van der Waals surface area contributed by atoms with E-state index in [1.54, 1.807) is 32.1 Å². The van der Waals surface area contributed by atoms with Crippen LogP contribution in [0.15, 0.2) is 22.6 Å². The van der Waals surface area contributed by atoms with Crippen molar-refractivity contribution in [3.63, 3.8) is 0 Å². The zero-order chi connectivity index (χ0) is 26.5. The highest BCUT2D eigenvalue weighted by atomic mass is 32.1. The number of ketones is 1. The Balaban J connectivity index is 2.40. The van der Waals surface area contributed by atoms with Gasteiger partial charge >= 0.3 is 5.97 Å². The van der Waals surface area contributed by atoms with Crippen LogP contribution in [0.4, 0.5) is 0 Å². The third-order valence-electron chi connectivity index (χ3n) is 7.31. The summed E-state index contributed by atoms with van der Waals surface area (Å²) in [4.78, 5) is 30.7. The smallest absolute Gasteiger partial charge is 0.309 e. The van der Waals surface area contributed by atoms with E-state index in [0.29, 0.717) is 0 Å². The van der Waals surface area contributed by atoms with Gasteiger partial charge in [-0.3, -0.25) is 9.59 Å². The highest BCUT2D eigenvalue weighted by Crippen LogP contribution is 2.33. The van der Waals surface area contributed by atoms with E-state index in [9.17, 15) is 19.8 Å². The second-order valence-electron chi connectivity index (χ2n) is 10.9. The predicted molar refractivity (Wildman–Crippen MR) is 141 cm³/mol. The molecule has 0 bridgehead atoms. The van der Waals surface area contributed by atoms with Crippen LogP contribution in [0.3, 0.4) is 0 Å². The van der Waals surface area contributed by atoms with Gasteiger partial charge in [-0.2, -0.15) is 0 Å². The molecule has 0 spiro atoms. The summed E-state index contributed by atoms with van der Waals surface area (Å²) in [5.41, 5.74) is 1.69. The minimum absolute atomic E-state index is 0.0514. The zero-order valence-corrected chi connectivity index (χ0v) is 23.3. The van der Waals surface area contributed by atoms with Crippen molar-refractivity contribution in [2.24, 2.45) is 23.2 Å². The van der Waals surface area contributed by atoms with E-state index in [-0.39, 0.29) is 24.0 Å². The van der Waals surface area contributed by atoms with E-state index in [2.05, 4.69) is 18.0 Å². The maximum atomic E-state index is 13.2. The van der Waals surface area contributed by atoms with E-state index in [1.807, 2.05) is 39.2 Å². The molecule has 0 aliphatic carbocycles. The molecule has 1 aromatic heterocycles. The lowest BCUT2D eigenvalue weighted by molar-refractivity contribution is -0.155. The number of carbonyl (C=O) groups excluding carboxylic acids is 2. The molecule has 6 atom stereocenters. The van der Waals surface area contributed by atoms with Crippen molar-refractivity contribution in [3.05, 3.63) is 33.3 Å². The summed E-state index contributed by atoms with van der Waals surface area (Å²) in [5, 5.41) is 24.6. The highest BCUT2D eigenvalue weighted by molar-refractivity contribution is 7.09. The van der Waals surface area contributed by atoms with Gasteiger partial charge in [0.05, 0.1) is 34.7 Å². The average Bonchev–Trinajstić information content (AvgIpc) is 3.19. The molecule has 2 N–H and O–H groups in total. The largest absolute Gasteiger partial charge is 0.457 e. The summed E-state index contributed by atoms with van der Waals surface area (Å²) < 4.78 is 5.92. The van der Waals surface area contributed by atoms with Crippen LogP contribution in [0.5, 0.6) is 0 Å². The molecule has 1 aromatic rings. The van der Waals surface area contributed by atoms with Crippen LogP contribution in [0, 0.1) is 30.1 Å². The number of Topliss-reactive ketones (excluding diaryl/α,β-unsaturated/α-hetero) is 1. The molecule has 7 heteroatoms. The SMILES string of the molecule is C/C1=C/[C@H](C)[C@@H](/C(C)=C/c2csc(C)n2)OC(=O)C[C@H](O)C(C)(C)C(=O)[C@H](C)[C@@H](O)[C@@H](C)CCC1. The Bertz CT molecular complexity index is 947. The molecule has 0 aromatic carbocycles. The van der Waals surface area contributed by atoms with Crippen LogP contribution in [0.2, 0.25) is 0 Å². The molecule has 0 fully saturated rings. The number of hydrogen-bond acceptors (Lipinski definition) is 7. The van der Waals surface area contributed by atoms with E-state index < -0.39 is 35.6 Å². The van der Waals surface area contributed by atoms with Crippen molar-refractivity contribution in [2.45, 2.75) is 99.4 Å². The number of thiazole rings is 1. The van der Waals surface area contributed by atoms with Gasteiger partial charge in [-0.25, -0.2) is 4.98 Å². The topological polar surface area (TPSA) is 96.7 Å². The van der Waals surface area contributed by atoms with Gasteiger partial charge < -0.3 is 14.9 Å². The molecular formula is C28H43NO5S. The maximum Gasteiger partial charge on any atom is 0.309 e. The number of ether oxygens (including phenoxy) is 1. The predicted octanol–water partition coefficient (Wildman–Crippen LogP) is 5.51. The van der Waals surface area contributed by atoms with Gasteiger partial charge in [-0.15, -0.1) is 11.3 Å². The van der Waals surface area contributed by atoms with Gasteiger partial charge in [-0.05, 0) is 57.6 Å². The third kappa shape index (κ3) is 7.83. The summed E-state index contributed by atoms with van der Waals surface area (Å²) in [6, 6.07) is 0. The number of aryl methyl sites for hydroxylation is 1. The number of aliphatic hydroxyl groups excluding tert-OH is 2. The number of cyclic esters (lactones) is 1. The number of aliphatic hydroxyl groups is 2. The van der Waals surface area contributed by atoms with Gasteiger partial charge in [0.25, 0.3) is 0 Å². The summed E-state index contributed by atoms with van der Waals surface area (Å²) in [6.07, 6.45) is 3.78. The van der Waals surface area contributed by atoms with Crippen LogP contribution >= 0.6 is 11.3 Å². The van der Waals surface area contributed by atoms with Crippen molar-refractivity contribution in [2.75, 3.05) is 0 Å². The first kappa shape index (κ1) is 29.4. The first-order valence-electron chi connectivity index (χ1n) is 12.6. The molecular weight excluding hydrogens is 462 g/mol. The molecule has 0 amide bonds. The number of hydrogen-bond donors (Lipinski definition) is 2.